The normalized spacial score (nSPS) is 28.5. The van der Waals surface area contributed by atoms with E-state index in [9.17, 15) is 4.79 Å². The van der Waals surface area contributed by atoms with E-state index in [2.05, 4.69) is 0 Å². The number of carbonyl (C=O) groups is 1. The third-order valence-electron chi connectivity index (χ3n) is 2.99. The summed E-state index contributed by atoms with van der Waals surface area (Å²) in [5.41, 5.74) is 1.17. The second kappa shape index (κ2) is 3.55. The molecular weight excluding hydrogens is 194 g/mol. The Labute approximate surface area is 87.8 Å². The van der Waals surface area contributed by atoms with Gasteiger partial charge >= 0.3 is 5.97 Å². The fourth-order valence-electron chi connectivity index (χ4n) is 2.14. The van der Waals surface area contributed by atoms with Crippen molar-refractivity contribution in [3.63, 3.8) is 0 Å². The quantitative estimate of drug-likeness (QED) is 0.687. The number of hydrogen-bond donors (Lipinski definition) is 2. The van der Waals surface area contributed by atoms with Crippen LogP contribution in [0.1, 0.15) is 0 Å². The Bertz CT molecular complexity index is 381. The lowest BCUT2D eigenvalue weighted by Gasteiger charge is -2.27. The van der Waals surface area contributed by atoms with Crippen LogP contribution in [-0.2, 0) is 4.79 Å². The molecule has 2 atom stereocenters. The highest BCUT2D eigenvalue weighted by Gasteiger charge is 2.35. The molecule has 15 heavy (non-hydrogen) atoms. The number of nitrogens with zero attached hydrogens (tertiary/aromatic N) is 1. The molecule has 0 aromatic heterocycles. The molecule has 2 N–H and O–H groups in total. The van der Waals surface area contributed by atoms with E-state index in [0.29, 0.717) is 5.57 Å². The number of aliphatic hydroxyl groups is 1. The summed E-state index contributed by atoms with van der Waals surface area (Å²) in [4.78, 5) is 12.9. The van der Waals surface area contributed by atoms with Gasteiger partial charge in [0.2, 0.25) is 0 Å². The minimum absolute atomic E-state index is 0.0308. The molecule has 4 heteroatoms. The summed E-state index contributed by atoms with van der Waals surface area (Å²) >= 11 is 0. The summed E-state index contributed by atoms with van der Waals surface area (Å²) in [6.07, 6.45) is 7.16. The van der Waals surface area contributed by atoms with Crippen molar-refractivity contribution < 1.29 is 15.0 Å². The van der Waals surface area contributed by atoms with Gasteiger partial charge in [-0.05, 0) is 0 Å². The monoisotopic (exact) mass is 207 g/mol. The molecule has 0 fully saturated rings. The largest absolute Gasteiger partial charge is 0.478 e. The number of aliphatic carboxylic acids is 1. The number of carboxylic acids is 1. The van der Waals surface area contributed by atoms with Crippen LogP contribution >= 0.6 is 0 Å². The lowest BCUT2D eigenvalue weighted by Crippen LogP contribution is -2.33. The van der Waals surface area contributed by atoms with Crippen molar-refractivity contribution in [3.8, 4) is 0 Å². The van der Waals surface area contributed by atoms with Crippen molar-refractivity contribution in [1.29, 1.82) is 0 Å². The molecule has 0 spiro atoms. The number of aliphatic hydroxyl groups excluding tert-OH is 1. The molecule has 0 aromatic carbocycles. The van der Waals surface area contributed by atoms with E-state index in [1.54, 1.807) is 12.2 Å². The predicted molar refractivity (Wildman–Crippen MR) is 55.1 cm³/mol. The van der Waals surface area contributed by atoms with E-state index < -0.39 is 5.97 Å². The number of allylic oxidation sites excluding steroid dienone is 2. The van der Waals surface area contributed by atoms with Crippen molar-refractivity contribution in [3.05, 3.63) is 35.6 Å². The van der Waals surface area contributed by atoms with Crippen LogP contribution in [0.25, 0.3) is 0 Å². The minimum atomic E-state index is -0.891. The van der Waals surface area contributed by atoms with Gasteiger partial charge in [-0.25, -0.2) is 4.79 Å². The molecule has 2 aliphatic rings. The Morgan fingerprint density at radius 2 is 2.33 bits per heavy atom. The van der Waals surface area contributed by atoms with E-state index in [4.69, 9.17) is 10.2 Å². The summed E-state index contributed by atoms with van der Waals surface area (Å²) in [6, 6.07) is 0.0308. The summed E-state index contributed by atoms with van der Waals surface area (Å²) in [5.74, 6) is -1.03. The summed E-state index contributed by atoms with van der Waals surface area (Å²) < 4.78 is 0. The van der Waals surface area contributed by atoms with Crippen LogP contribution in [0.5, 0.6) is 0 Å². The lowest BCUT2D eigenvalue weighted by molar-refractivity contribution is -0.133. The molecule has 80 valence electrons. The average molecular weight is 207 g/mol. The molecule has 2 unspecified atom stereocenters. The van der Waals surface area contributed by atoms with Gasteiger partial charge in [0, 0.05) is 24.2 Å². The van der Waals surface area contributed by atoms with Crippen LogP contribution < -0.4 is 0 Å². The molecular formula is C11H13NO3. The van der Waals surface area contributed by atoms with E-state index in [0.717, 1.165) is 5.70 Å². The first kappa shape index (κ1) is 9.98. The zero-order valence-electron chi connectivity index (χ0n) is 8.42. The molecule has 2 rings (SSSR count). The number of fused-ring (bicyclic) bond motifs is 1. The van der Waals surface area contributed by atoms with E-state index in [1.165, 1.54) is 0 Å². The number of likely N-dealkylation sites (N-methyl/N-ethyl adjacent to an activating group) is 1. The molecule has 0 bridgehead atoms. The van der Waals surface area contributed by atoms with Crippen LogP contribution in [0, 0.1) is 5.92 Å². The zero-order valence-corrected chi connectivity index (χ0v) is 8.42. The number of carboxylic acid groups (broad SMARTS) is 1. The molecule has 0 amide bonds. The third-order valence-corrected chi connectivity index (χ3v) is 2.99. The molecule has 1 aliphatic carbocycles. The zero-order chi connectivity index (χ0) is 11.0. The van der Waals surface area contributed by atoms with Crippen LogP contribution in [0.3, 0.4) is 0 Å². The van der Waals surface area contributed by atoms with Gasteiger partial charge in [0.1, 0.15) is 0 Å². The highest BCUT2D eigenvalue weighted by atomic mass is 16.4. The van der Waals surface area contributed by atoms with Crippen molar-refractivity contribution in [2.75, 3.05) is 13.7 Å². The van der Waals surface area contributed by atoms with Gasteiger partial charge in [-0.1, -0.05) is 24.3 Å². The van der Waals surface area contributed by atoms with Crippen LogP contribution in [0.4, 0.5) is 0 Å². The van der Waals surface area contributed by atoms with Gasteiger partial charge in [-0.3, -0.25) is 0 Å². The Morgan fingerprint density at radius 3 is 2.93 bits per heavy atom. The number of rotatable bonds is 2. The Kier molecular flexibility index (Phi) is 2.36. The summed E-state index contributed by atoms with van der Waals surface area (Å²) in [6.45, 7) is -0.0514. The van der Waals surface area contributed by atoms with E-state index in [1.807, 2.05) is 24.1 Å². The molecule has 0 saturated carbocycles. The van der Waals surface area contributed by atoms with Gasteiger partial charge in [0.25, 0.3) is 0 Å². The van der Waals surface area contributed by atoms with Gasteiger partial charge in [-0.2, -0.15) is 0 Å². The molecule has 1 aliphatic heterocycles. The maximum absolute atomic E-state index is 11.0. The van der Waals surface area contributed by atoms with Gasteiger partial charge in [0.15, 0.2) is 0 Å². The van der Waals surface area contributed by atoms with Crippen molar-refractivity contribution in [1.82, 2.24) is 4.90 Å². The van der Waals surface area contributed by atoms with Crippen molar-refractivity contribution in [2.45, 2.75) is 6.04 Å². The first-order valence-electron chi connectivity index (χ1n) is 4.81. The highest BCUT2D eigenvalue weighted by Crippen LogP contribution is 2.34. The average Bonchev–Trinajstić information content (AvgIpc) is 2.55. The fourth-order valence-corrected chi connectivity index (χ4v) is 2.14. The second-order valence-corrected chi connectivity index (χ2v) is 3.76. The van der Waals surface area contributed by atoms with Crippen LogP contribution in [0.2, 0.25) is 0 Å². The van der Waals surface area contributed by atoms with E-state index in [-0.39, 0.29) is 18.6 Å². The van der Waals surface area contributed by atoms with Gasteiger partial charge in [-0.15, -0.1) is 0 Å². The highest BCUT2D eigenvalue weighted by molar-refractivity contribution is 5.89. The van der Waals surface area contributed by atoms with Gasteiger partial charge < -0.3 is 15.1 Å². The first-order chi connectivity index (χ1) is 7.15. The molecule has 0 saturated heterocycles. The molecule has 1 heterocycles. The third kappa shape index (κ3) is 1.47. The first-order valence-corrected chi connectivity index (χ1v) is 4.81. The Balaban J connectivity index is 2.35. The molecule has 0 aromatic rings. The molecule has 4 nitrogen and oxygen atoms in total. The second-order valence-electron chi connectivity index (χ2n) is 3.76. The minimum Gasteiger partial charge on any atom is -0.478 e. The lowest BCUT2D eigenvalue weighted by atomic mass is 9.89. The molecule has 0 radical (unpaired) electrons. The van der Waals surface area contributed by atoms with Crippen LogP contribution in [0.15, 0.2) is 35.6 Å². The maximum atomic E-state index is 11.0. The number of hydrogen-bond acceptors (Lipinski definition) is 3. The smallest absolute Gasteiger partial charge is 0.332 e. The maximum Gasteiger partial charge on any atom is 0.332 e. The SMILES string of the molecule is CN1C(CO)=CC2C(C(=O)O)=CC=CC21. The Morgan fingerprint density at radius 1 is 1.60 bits per heavy atom. The fraction of sp³-hybridized carbons (Fsp3) is 0.364. The topological polar surface area (TPSA) is 60.8 Å². The van der Waals surface area contributed by atoms with Gasteiger partial charge in [0.05, 0.1) is 12.6 Å². The standard InChI is InChI=1S/C11H13NO3/c1-12-7(6-13)5-9-8(11(14)15)3-2-4-10(9)12/h2-5,9-10,13H,6H2,1H3,(H,14,15). The summed E-state index contributed by atoms with van der Waals surface area (Å²) in [5, 5.41) is 18.1. The van der Waals surface area contributed by atoms with Crippen molar-refractivity contribution >= 4 is 5.97 Å². The predicted octanol–water partition coefficient (Wildman–Crippen LogP) is 0.374. The summed E-state index contributed by atoms with van der Waals surface area (Å²) in [7, 11) is 1.86. The van der Waals surface area contributed by atoms with E-state index >= 15 is 0 Å². The van der Waals surface area contributed by atoms with Crippen LogP contribution in [-0.4, -0.2) is 40.8 Å². The Hall–Kier alpha value is -1.55. The van der Waals surface area contributed by atoms with Crippen molar-refractivity contribution in [2.24, 2.45) is 5.92 Å².